The highest BCUT2D eigenvalue weighted by atomic mass is 31.2. The predicted octanol–water partition coefficient (Wildman–Crippen LogP) is 2.98. The lowest BCUT2D eigenvalue weighted by molar-refractivity contribution is -0.143. The molecule has 17 heavy (non-hydrogen) atoms. The van der Waals surface area contributed by atoms with Gasteiger partial charge in [-0.1, -0.05) is 13.3 Å². The maximum absolute atomic E-state index is 12.5. The molecule has 0 N–H and O–H groups in total. The van der Waals surface area contributed by atoms with Crippen LogP contribution < -0.4 is 0 Å². The number of carbonyl (C=O) groups is 1. The van der Waals surface area contributed by atoms with E-state index in [4.69, 9.17) is 13.8 Å². The quantitative estimate of drug-likeness (QED) is 0.474. The Bertz CT molecular complexity index is 257. The molecule has 0 aromatic heterocycles. The molecule has 1 atom stereocenters. The number of carbonyl (C=O) groups excluding carboxylic acids is 1. The van der Waals surface area contributed by atoms with E-state index in [1.54, 1.807) is 20.8 Å². The van der Waals surface area contributed by atoms with E-state index in [2.05, 4.69) is 0 Å². The van der Waals surface area contributed by atoms with Crippen LogP contribution in [0.3, 0.4) is 0 Å². The van der Waals surface area contributed by atoms with E-state index < -0.39 is 19.2 Å². The zero-order chi connectivity index (χ0) is 13.3. The molecule has 0 amide bonds. The van der Waals surface area contributed by atoms with Gasteiger partial charge in [-0.15, -0.1) is 0 Å². The molecular weight excluding hydrogens is 243 g/mol. The Morgan fingerprint density at radius 3 is 1.94 bits per heavy atom. The Morgan fingerprint density at radius 2 is 1.59 bits per heavy atom. The van der Waals surface area contributed by atoms with Crippen molar-refractivity contribution in [2.24, 2.45) is 0 Å². The van der Waals surface area contributed by atoms with E-state index in [1.165, 1.54) is 0 Å². The Labute approximate surface area is 103 Å². The van der Waals surface area contributed by atoms with Crippen LogP contribution in [0.2, 0.25) is 0 Å². The summed E-state index contributed by atoms with van der Waals surface area (Å²) in [6, 6.07) is 0. The second-order valence-corrected chi connectivity index (χ2v) is 5.65. The van der Waals surface area contributed by atoms with Crippen LogP contribution in [-0.4, -0.2) is 31.4 Å². The molecule has 0 saturated carbocycles. The van der Waals surface area contributed by atoms with Crippen LogP contribution in [-0.2, 0) is 23.1 Å². The van der Waals surface area contributed by atoms with Gasteiger partial charge in [0.05, 0.1) is 19.8 Å². The lowest BCUT2D eigenvalue weighted by atomic mass is 10.2. The summed E-state index contributed by atoms with van der Waals surface area (Å²) >= 11 is 0. The lowest BCUT2D eigenvalue weighted by Crippen LogP contribution is -2.25. The maximum atomic E-state index is 12.5. The fourth-order valence-corrected chi connectivity index (χ4v) is 3.56. The first-order valence-electron chi connectivity index (χ1n) is 6.11. The van der Waals surface area contributed by atoms with Gasteiger partial charge in [0, 0.05) is 0 Å². The summed E-state index contributed by atoms with van der Waals surface area (Å²) in [7, 11) is -3.41. The van der Waals surface area contributed by atoms with Crippen molar-refractivity contribution in [2.75, 3.05) is 19.8 Å². The molecule has 0 aromatic carbocycles. The van der Waals surface area contributed by atoms with Gasteiger partial charge in [-0.2, -0.15) is 0 Å². The van der Waals surface area contributed by atoms with Gasteiger partial charge in [0.25, 0.3) is 0 Å². The summed E-state index contributed by atoms with van der Waals surface area (Å²) in [5, 5.41) is 0. The molecule has 0 spiro atoms. The van der Waals surface area contributed by atoms with E-state index in [-0.39, 0.29) is 19.8 Å². The van der Waals surface area contributed by atoms with Crippen LogP contribution in [0.15, 0.2) is 0 Å². The molecule has 6 heteroatoms. The summed E-state index contributed by atoms with van der Waals surface area (Å²) in [6.45, 7) is 7.83. The average Bonchev–Trinajstić information content (AvgIpc) is 2.26. The molecule has 0 saturated heterocycles. The van der Waals surface area contributed by atoms with E-state index in [0.717, 1.165) is 0 Å². The highest BCUT2D eigenvalue weighted by Crippen LogP contribution is 2.54. The minimum atomic E-state index is -3.41. The molecule has 0 radical (unpaired) electrons. The van der Waals surface area contributed by atoms with Gasteiger partial charge in [-0.25, -0.2) is 0 Å². The standard InChI is InChI=1S/C11H23O5P/c1-5-9-10(11(12)14-6-2)17(13,15-7-3)16-8-4/h10H,5-9H2,1-4H3. The molecule has 0 aromatic rings. The van der Waals surface area contributed by atoms with Crippen LogP contribution in [0.5, 0.6) is 0 Å². The minimum Gasteiger partial charge on any atom is -0.465 e. The van der Waals surface area contributed by atoms with E-state index >= 15 is 0 Å². The third-order valence-corrected chi connectivity index (χ3v) is 4.59. The fraction of sp³-hybridized carbons (Fsp3) is 0.909. The van der Waals surface area contributed by atoms with Crippen molar-refractivity contribution in [3.63, 3.8) is 0 Å². The predicted molar refractivity (Wildman–Crippen MR) is 66.2 cm³/mol. The molecule has 0 aliphatic carbocycles. The summed E-state index contributed by atoms with van der Waals surface area (Å²) in [5.41, 5.74) is -0.813. The summed E-state index contributed by atoms with van der Waals surface area (Å²) in [5.74, 6) is -0.500. The van der Waals surface area contributed by atoms with Crippen molar-refractivity contribution in [2.45, 2.75) is 46.2 Å². The van der Waals surface area contributed by atoms with Crippen molar-refractivity contribution < 1.29 is 23.1 Å². The normalized spacial score (nSPS) is 13.4. The first-order valence-corrected chi connectivity index (χ1v) is 7.72. The zero-order valence-electron chi connectivity index (χ0n) is 11.1. The van der Waals surface area contributed by atoms with Crippen LogP contribution in [0.25, 0.3) is 0 Å². The molecule has 0 fully saturated rings. The van der Waals surface area contributed by atoms with Crippen LogP contribution >= 0.6 is 7.60 Å². The molecule has 102 valence electrons. The fourth-order valence-electron chi connectivity index (χ4n) is 1.49. The van der Waals surface area contributed by atoms with Gasteiger partial charge in [0.1, 0.15) is 0 Å². The average molecular weight is 266 g/mol. The zero-order valence-corrected chi connectivity index (χ0v) is 12.0. The number of hydrogen-bond acceptors (Lipinski definition) is 5. The van der Waals surface area contributed by atoms with Gasteiger partial charge in [0.15, 0.2) is 5.66 Å². The topological polar surface area (TPSA) is 61.8 Å². The molecule has 5 nitrogen and oxygen atoms in total. The molecule has 1 unspecified atom stereocenters. The van der Waals surface area contributed by atoms with Crippen molar-refractivity contribution in [1.82, 2.24) is 0 Å². The van der Waals surface area contributed by atoms with Gasteiger partial charge >= 0.3 is 13.6 Å². The third kappa shape index (κ3) is 5.19. The van der Waals surface area contributed by atoms with Crippen LogP contribution in [0, 0.1) is 0 Å². The Kier molecular flexibility index (Phi) is 8.48. The number of esters is 1. The minimum absolute atomic E-state index is 0.247. The summed E-state index contributed by atoms with van der Waals surface area (Å²) in [6.07, 6.45) is 1.16. The third-order valence-electron chi connectivity index (χ3n) is 2.12. The molecule has 0 heterocycles. The molecular formula is C11H23O5P. The van der Waals surface area contributed by atoms with Gasteiger partial charge in [-0.05, 0) is 27.2 Å². The Hall–Kier alpha value is -0.380. The van der Waals surface area contributed by atoms with Crippen molar-refractivity contribution in [1.29, 1.82) is 0 Å². The smallest absolute Gasteiger partial charge is 0.344 e. The second-order valence-electron chi connectivity index (χ2n) is 3.43. The summed E-state index contributed by atoms with van der Waals surface area (Å²) in [4.78, 5) is 11.8. The molecule has 0 aliphatic rings. The number of rotatable bonds is 9. The van der Waals surface area contributed by atoms with Crippen molar-refractivity contribution in [3.05, 3.63) is 0 Å². The van der Waals surface area contributed by atoms with Gasteiger partial charge in [-0.3, -0.25) is 9.36 Å². The van der Waals surface area contributed by atoms with E-state index in [1.807, 2.05) is 6.92 Å². The van der Waals surface area contributed by atoms with Crippen molar-refractivity contribution >= 4 is 13.6 Å². The van der Waals surface area contributed by atoms with Gasteiger partial charge < -0.3 is 13.8 Å². The van der Waals surface area contributed by atoms with Crippen LogP contribution in [0.1, 0.15) is 40.5 Å². The highest BCUT2D eigenvalue weighted by molar-refractivity contribution is 7.55. The van der Waals surface area contributed by atoms with Gasteiger partial charge in [0.2, 0.25) is 0 Å². The first-order chi connectivity index (χ1) is 8.05. The first kappa shape index (κ1) is 16.6. The van der Waals surface area contributed by atoms with Crippen molar-refractivity contribution in [3.8, 4) is 0 Å². The Balaban J connectivity index is 4.94. The van der Waals surface area contributed by atoms with E-state index in [9.17, 15) is 9.36 Å². The van der Waals surface area contributed by atoms with Crippen LogP contribution in [0.4, 0.5) is 0 Å². The molecule has 0 aliphatic heterocycles. The number of ether oxygens (including phenoxy) is 1. The Morgan fingerprint density at radius 1 is 1.06 bits per heavy atom. The van der Waals surface area contributed by atoms with E-state index in [0.29, 0.717) is 12.8 Å². The molecule has 0 rings (SSSR count). The largest absolute Gasteiger partial charge is 0.465 e. The second kappa shape index (κ2) is 8.67. The lowest BCUT2D eigenvalue weighted by Gasteiger charge is -2.24. The highest BCUT2D eigenvalue weighted by Gasteiger charge is 2.41. The number of hydrogen-bond donors (Lipinski definition) is 0. The maximum Gasteiger partial charge on any atom is 0.344 e. The molecule has 0 bridgehead atoms. The SMILES string of the molecule is CCCC(C(=O)OCC)P(=O)(OCC)OCC. The summed E-state index contributed by atoms with van der Waals surface area (Å²) < 4.78 is 27.8. The monoisotopic (exact) mass is 266 g/mol.